The molecule has 0 saturated carbocycles. The average molecular weight is 1380 g/mol. The molecule has 0 aromatic heterocycles. The molecule has 13 N–H and O–H groups in total. The lowest BCUT2D eigenvalue weighted by molar-refractivity contribution is -0.181. The van der Waals surface area contributed by atoms with Gasteiger partial charge in [0.25, 0.3) is 0 Å². The number of unbranched alkanes of at least 4 members (excludes halogenated alkanes) is 10. The molecule has 3 aliphatic rings. The Balaban J connectivity index is 1.55. The lowest BCUT2D eigenvalue weighted by Gasteiger charge is -2.40. The van der Waals surface area contributed by atoms with Gasteiger partial charge < -0.3 is 95.2 Å². The highest BCUT2D eigenvalue weighted by Gasteiger charge is 2.44. The normalized spacial score (nSPS) is 28.2. The molecule has 0 spiro atoms. The molecule has 27 nitrogen and oxygen atoms in total. The van der Waals surface area contributed by atoms with Crippen LogP contribution in [0.5, 0.6) is 0 Å². The van der Waals surface area contributed by atoms with Crippen molar-refractivity contribution in [2.24, 2.45) is 17.8 Å². The first-order chi connectivity index (χ1) is 43.5. The van der Waals surface area contributed by atoms with Crippen molar-refractivity contribution in [3.05, 3.63) is 0 Å². The maximum absolute atomic E-state index is 13.7. The van der Waals surface area contributed by atoms with Crippen molar-refractivity contribution < 1.29 is 117 Å². The molecule has 17 atom stereocenters. The zero-order valence-corrected chi connectivity index (χ0v) is 57.1. The minimum absolute atomic E-state index is 0.00194. The molecule has 3 saturated heterocycles. The number of ether oxygens (including phenoxy) is 6. The Kier molecular flexibility index (Phi) is 43.4. The van der Waals surface area contributed by atoms with Crippen LogP contribution in [0.25, 0.3) is 0 Å². The van der Waals surface area contributed by atoms with Crippen LogP contribution in [-0.4, -0.2) is 254 Å². The summed E-state index contributed by atoms with van der Waals surface area (Å²) in [6.07, 6.45) is 2.29. The Labute approximate surface area is 549 Å². The van der Waals surface area contributed by atoms with Gasteiger partial charge in [0.1, 0.15) is 76.8 Å². The second-order valence-corrected chi connectivity index (χ2v) is 29.1. The van der Waals surface area contributed by atoms with Crippen LogP contribution in [0.4, 0.5) is 0 Å². The van der Waals surface area contributed by atoms with E-state index in [9.17, 15) is 79.4 Å². The first-order valence-electron chi connectivity index (χ1n) is 32.4. The van der Waals surface area contributed by atoms with Crippen molar-refractivity contribution in [2.75, 3.05) is 97.1 Å². The molecule has 17 unspecified atom stereocenters. The number of carbonyl (C=O) groups excluding carboxylic acids is 5. The van der Waals surface area contributed by atoms with Gasteiger partial charge in [-0.1, -0.05) is 65.7 Å². The van der Waals surface area contributed by atoms with Gasteiger partial charge in [0, 0.05) is 76.4 Å². The van der Waals surface area contributed by atoms with E-state index >= 15 is 0 Å². The third kappa shape index (κ3) is 32.9. The van der Waals surface area contributed by atoms with Crippen molar-refractivity contribution in [2.45, 2.75) is 232 Å². The molecule has 0 aromatic carbocycles. The quantitative estimate of drug-likeness (QED) is 0.0236. The summed E-state index contributed by atoms with van der Waals surface area (Å²) in [7, 11) is -3.37. The molecule has 0 aromatic rings. The second-order valence-electron chi connectivity index (χ2n) is 23.9. The highest BCUT2D eigenvalue weighted by molar-refractivity contribution is 8.00. The second kappa shape index (κ2) is 47.3. The van der Waals surface area contributed by atoms with Gasteiger partial charge in [-0.3, -0.25) is 33.0 Å². The molecular formula is C60H110N3O24PS3. The molecule has 31 heteroatoms. The van der Waals surface area contributed by atoms with Gasteiger partial charge in [-0.15, -0.1) is 35.3 Å². The molecule has 0 bridgehead atoms. The van der Waals surface area contributed by atoms with E-state index in [1.807, 2.05) is 6.92 Å². The third-order valence-corrected chi connectivity index (χ3v) is 21.4. The number of amides is 3. The third-order valence-electron chi connectivity index (χ3n) is 16.4. The fourth-order valence-corrected chi connectivity index (χ4v) is 14.6. The zero-order valence-electron chi connectivity index (χ0n) is 53.8. The van der Waals surface area contributed by atoms with E-state index in [0.29, 0.717) is 32.2 Å². The molecule has 3 heterocycles. The average Bonchev–Trinajstić information content (AvgIpc) is 3.07. The highest BCUT2D eigenvalue weighted by Crippen LogP contribution is 2.41. The van der Waals surface area contributed by atoms with Gasteiger partial charge in [0.05, 0.1) is 77.8 Å². The first-order valence-corrected chi connectivity index (χ1v) is 37.0. The molecule has 3 fully saturated rings. The zero-order chi connectivity index (χ0) is 67.2. The Hall–Kier alpha value is -1.69. The number of phosphoric ester groups is 1. The van der Waals surface area contributed by atoms with E-state index in [0.717, 1.165) is 95.0 Å². The number of carbonyl (C=O) groups is 5. The number of aliphatic hydroxyl groups is 9. The van der Waals surface area contributed by atoms with Gasteiger partial charge in [-0.2, -0.15) is 0 Å². The minimum Gasteiger partial charge on any atom is -0.394 e. The largest absolute Gasteiger partial charge is 0.473 e. The predicted molar refractivity (Wildman–Crippen MR) is 342 cm³/mol. The molecule has 0 aliphatic carbocycles. The Morgan fingerprint density at radius 2 is 0.824 bits per heavy atom. The van der Waals surface area contributed by atoms with Crippen molar-refractivity contribution in [1.82, 2.24) is 16.0 Å². The van der Waals surface area contributed by atoms with Crippen molar-refractivity contribution in [3.63, 3.8) is 0 Å². The van der Waals surface area contributed by atoms with Crippen LogP contribution in [0.1, 0.15) is 156 Å². The summed E-state index contributed by atoms with van der Waals surface area (Å²) in [6.45, 7) is 3.41. The summed E-state index contributed by atoms with van der Waals surface area (Å²) in [4.78, 5) is 74.8. The van der Waals surface area contributed by atoms with E-state index in [4.69, 9.17) is 28.4 Å². The Morgan fingerprint density at radius 3 is 1.23 bits per heavy atom. The summed E-state index contributed by atoms with van der Waals surface area (Å²) in [5.74, 6) is -0.0510. The smallest absolute Gasteiger partial charge is 0.394 e. The maximum atomic E-state index is 13.7. The van der Waals surface area contributed by atoms with Gasteiger partial charge in [0.15, 0.2) is 0 Å². The highest BCUT2D eigenvalue weighted by atomic mass is 32.2. The molecular weight excluding hydrogens is 1270 g/mol. The number of thioether (sulfide) groups is 3. The number of hydrogen-bond donors (Lipinski definition) is 13. The minimum atomic E-state index is -4.34. The number of nitrogens with one attached hydrogen (secondary N) is 3. The standard InChI is InChI=1S/C60H110N3O24PS3/c1-40-51(72)54(75)45(33-64)85-57(40)89-30-15-9-5-6-12-19-43(67)23-27-81-36-60(63-50(71)22-18-21-48(69)62-39-84-88(78,79)80-4,37-82-28-24-44(68)20-13-7-10-16-31-90-58-41(2)52(73)55(76)46(34-65)86-58)38-83-29-25-49(70)61-26-14-8-11-17-32-91-59-42(3)53(74)56(77)47(35-66)87-59/h40-42,45-47,51-59,64-66,72-77H,5-39H2,1-4H3,(H,61,70)(H,62,69)(H,63,71)(H,78,79). The van der Waals surface area contributed by atoms with Crippen LogP contribution in [0, 0.1) is 17.8 Å². The number of ketones is 2. The van der Waals surface area contributed by atoms with E-state index in [-0.39, 0.29) is 143 Å². The molecule has 3 rings (SSSR count). The molecule has 91 heavy (non-hydrogen) atoms. The van der Waals surface area contributed by atoms with Crippen LogP contribution in [-0.2, 0) is 66.0 Å². The summed E-state index contributed by atoms with van der Waals surface area (Å²) in [5.41, 5.74) is -2.47. The number of aliphatic hydroxyl groups excluding tert-OH is 9. The van der Waals surface area contributed by atoms with E-state index in [2.05, 4.69) is 25.0 Å². The summed E-state index contributed by atoms with van der Waals surface area (Å²) in [6, 6.07) is 0. The topological polar surface area (TPSA) is 415 Å². The molecule has 0 radical (unpaired) electrons. The van der Waals surface area contributed by atoms with Crippen LogP contribution in [0.15, 0.2) is 0 Å². The number of Topliss-reactive ketones (excluding diaryl/α,β-unsaturated/α-hetero) is 2. The van der Waals surface area contributed by atoms with Crippen LogP contribution < -0.4 is 16.0 Å². The predicted octanol–water partition coefficient (Wildman–Crippen LogP) is 2.60. The fourth-order valence-electron chi connectivity index (χ4n) is 10.4. The van der Waals surface area contributed by atoms with Gasteiger partial charge in [-0.25, -0.2) is 4.57 Å². The number of rotatable bonds is 52. The summed E-state index contributed by atoms with van der Waals surface area (Å²) >= 11 is 4.60. The SMILES string of the molecule is COP(=O)(O)OCNC(=O)CCCC(=O)NC(COCCC(=O)CCCCCCCSC1OC(CO)C(O)C(O)C1C)(COCCC(=O)CCCCCCSC1OC(CO)C(O)C(O)C1C)COCCC(=O)NCCCCCCSC1OC(CO)C(O)C(O)C1C. The molecule has 3 amide bonds. The first kappa shape index (κ1) is 83.5. The molecule has 3 aliphatic heterocycles. The van der Waals surface area contributed by atoms with E-state index in [1.165, 1.54) is 23.5 Å². The van der Waals surface area contributed by atoms with Crippen LogP contribution in [0.2, 0.25) is 0 Å². The van der Waals surface area contributed by atoms with E-state index < -0.39 is 93.4 Å². The lowest BCUT2D eigenvalue weighted by Crippen LogP contribution is -2.58. The van der Waals surface area contributed by atoms with Crippen molar-refractivity contribution in [3.8, 4) is 0 Å². The number of hydrogen-bond acceptors (Lipinski definition) is 26. The van der Waals surface area contributed by atoms with E-state index in [1.54, 1.807) is 25.6 Å². The van der Waals surface area contributed by atoms with Gasteiger partial charge in [-0.05, 0) is 62.2 Å². The lowest BCUT2D eigenvalue weighted by atomic mass is 9.94. The van der Waals surface area contributed by atoms with Crippen molar-refractivity contribution in [1.29, 1.82) is 0 Å². The van der Waals surface area contributed by atoms with Gasteiger partial charge >= 0.3 is 7.82 Å². The Morgan fingerprint density at radius 1 is 0.462 bits per heavy atom. The fraction of sp³-hybridized carbons (Fsp3) is 0.917. The summed E-state index contributed by atoms with van der Waals surface area (Å²) < 4.78 is 56.3. The maximum Gasteiger partial charge on any atom is 0.473 e. The Bertz CT molecular complexity index is 2010. The van der Waals surface area contributed by atoms with Crippen molar-refractivity contribution >= 4 is 72.4 Å². The number of phosphoric acid groups is 1. The summed E-state index contributed by atoms with van der Waals surface area (Å²) in [5, 5.41) is 98.4. The van der Waals surface area contributed by atoms with Gasteiger partial charge in [0.2, 0.25) is 17.7 Å². The van der Waals surface area contributed by atoms with Crippen LogP contribution >= 0.6 is 43.1 Å². The molecule has 532 valence electrons. The monoisotopic (exact) mass is 1380 g/mol. The van der Waals surface area contributed by atoms with Crippen LogP contribution in [0.3, 0.4) is 0 Å².